The Morgan fingerprint density at radius 3 is 2.52 bits per heavy atom. The number of nitrogens with one attached hydrogen (secondary N) is 1. The van der Waals surface area contributed by atoms with E-state index in [9.17, 15) is 14.4 Å². The van der Waals surface area contributed by atoms with Crippen molar-refractivity contribution in [1.82, 2.24) is 14.8 Å². The van der Waals surface area contributed by atoms with E-state index in [4.69, 9.17) is 0 Å². The van der Waals surface area contributed by atoms with Crippen LogP contribution in [0, 0.1) is 5.92 Å². The molecule has 3 amide bonds. The van der Waals surface area contributed by atoms with Crippen LogP contribution in [0.3, 0.4) is 0 Å². The van der Waals surface area contributed by atoms with E-state index < -0.39 is 0 Å². The van der Waals surface area contributed by atoms with Crippen LogP contribution in [0.4, 0.5) is 5.13 Å². The average molecular weight is 433 g/mol. The normalized spacial score (nSPS) is 17.5. The van der Waals surface area contributed by atoms with Gasteiger partial charge in [0.1, 0.15) is 0 Å². The highest BCUT2D eigenvalue weighted by Gasteiger charge is 2.31. The first-order valence-electron chi connectivity index (χ1n) is 9.96. The molecule has 2 aliphatic heterocycles. The van der Waals surface area contributed by atoms with Crippen molar-refractivity contribution in [2.75, 3.05) is 31.5 Å². The maximum atomic E-state index is 12.6. The van der Waals surface area contributed by atoms with Crippen LogP contribution in [0.15, 0.2) is 22.9 Å². The summed E-state index contributed by atoms with van der Waals surface area (Å²) in [7, 11) is 0. The number of likely N-dealkylation sites (tertiary alicyclic amines) is 2. The molecular formula is C20H24N4O3S2. The van der Waals surface area contributed by atoms with Gasteiger partial charge in [-0.3, -0.25) is 19.7 Å². The van der Waals surface area contributed by atoms with Crippen molar-refractivity contribution in [1.29, 1.82) is 0 Å². The lowest BCUT2D eigenvalue weighted by atomic mass is 9.95. The third kappa shape index (κ3) is 4.84. The molecule has 7 nitrogen and oxygen atoms in total. The van der Waals surface area contributed by atoms with Crippen LogP contribution < -0.4 is 5.32 Å². The summed E-state index contributed by atoms with van der Waals surface area (Å²) in [5.41, 5.74) is 0.664. The first-order valence-corrected chi connectivity index (χ1v) is 11.7. The molecule has 2 fully saturated rings. The third-order valence-corrected chi connectivity index (χ3v) is 7.14. The van der Waals surface area contributed by atoms with Crippen LogP contribution in [0.25, 0.3) is 0 Å². The number of thiophene rings is 1. The molecule has 4 rings (SSSR count). The summed E-state index contributed by atoms with van der Waals surface area (Å²) in [6.07, 6.45) is 3.90. The molecule has 2 saturated heterocycles. The van der Waals surface area contributed by atoms with Gasteiger partial charge in [0.2, 0.25) is 11.8 Å². The van der Waals surface area contributed by atoms with Gasteiger partial charge >= 0.3 is 0 Å². The number of piperidine rings is 1. The second-order valence-corrected chi connectivity index (χ2v) is 9.25. The molecule has 2 aliphatic rings. The van der Waals surface area contributed by atoms with Crippen molar-refractivity contribution < 1.29 is 14.4 Å². The number of amides is 3. The smallest absolute Gasteiger partial charge is 0.267 e. The Balaban J connectivity index is 1.25. The maximum Gasteiger partial charge on any atom is 0.267 e. The van der Waals surface area contributed by atoms with Crippen LogP contribution in [0.2, 0.25) is 0 Å². The van der Waals surface area contributed by atoms with Crippen LogP contribution >= 0.6 is 22.7 Å². The summed E-state index contributed by atoms with van der Waals surface area (Å²) < 4.78 is 0. The fourth-order valence-corrected chi connectivity index (χ4v) is 5.17. The van der Waals surface area contributed by atoms with E-state index in [1.54, 1.807) is 6.07 Å². The van der Waals surface area contributed by atoms with Gasteiger partial charge in [0.15, 0.2) is 5.13 Å². The highest BCUT2D eigenvalue weighted by molar-refractivity contribution is 7.14. The largest absolute Gasteiger partial charge is 0.342 e. The minimum Gasteiger partial charge on any atom is -0.342 e. The van der Waals surface area contributed by atoms with Gasteiger partial charge in [-0.2, -0.15) is 0 Å². The van der Waals surface area contributed by atoms with Crippen molar-refractivity contribution >= 4 is 45.5 Å². The fourth-order valence-electron chi connectivity index (χ4n) is 3.85. The van der Waals surface area contributed by atoms with Crippen molar-refractivity contribution in [2.24, 2.45) is 5.92 Å². The lowest BCUT2D eigenvalue weighted by Crippen LogP contribution is -2.44. The van der Waals surface area contributed by atoms with Gasteiger partial charge in [0, 0.05) is 37.5 Å². The molecule has 0 radical (unpaired) electrons. The van der Waals surface area contributed by atoms with E-state index in [0.29, 0.717) is 28.8 Å². The molecule has 0 aliphatic carbocycles. The minimum absolute atomic E-state index is 0.0264. The predicted molar refractivity (Wildman–Crippen MR) is 113 cm³/mol. The Bertz CT molecular complexity index is 866. The first-order chi connectivity index (χ1) is 14.1. The zero-order chi connectivity index (χ0) is 20.2. The Labute approximate surface area is 177 Å². The molecule has 0 atom stereocenters. The Hall–Kier alpha value is -2.26. The monoisotopic (exact) mass is 432 g/mol. The molecule has 4 heterocycles. The molecule has 0 spiro atoms. The van der Waals surface area contributed by atoms with Crippen molar-refractivity contribution in [3.63, 3.8) is 0 Å². The summed E-state index contributed by atoms with van der Waals surface area (Å²) in [5.74, 6) is 0.159. The Morgan fingerprint density at radius 1 is 1.07 bits per heavy atom. The standard InChI is InChI=1S/C20H24N4O3S2/c25-17(23-9-5-14(6-10-23)19(27)24-7-1-2-8-24)12-15-13-29-20(21-15)22-18(26)16-4-3-11-28-16/h3-4,11,13-14H,1-2,5-10,12H2,(H,21,22,26). The lowest BCUT2D eigenvalue weighted by molar-refractivity contribution is -0.139. The van der Waals surface area contributed by atoms with E-state index in [1.807, 2.05) is 26.6 Å². The lowest BCUT2D eigenvalue weighted by Gasteiger charge is -2.33. The van der Waals surface area contributed by atoms with E-state index >= 15 is 0 Å². The summed E-state index contributed by atoms with van der Waals surface area (Å²) in [5, 5.41) is 6.94. The van der Waals surface area contributed by atoms with Crippen LogP contribution in [-0.2, 0) is 16.0 Å². The van der Waals surface area contributed by atoms with E-state index in [2.05, 4.69) is 10.3 Å². The second kappa shape index (κ2) is 9.04. The number of thiazole rings is 1. The van der Waals surface area contributed by atoms with Gasteiger partial charge < -0.3 is 9.80 Å². The second-order valence-electron chi connectivity index (χ2n) is 7.44. The van der Waals surface area contributed by atoms with Crippen molar-refractivity contribution in [3.8, 4) is 0 Å². The first kappa shape index (κ1) is 20.0. The van der Waals surface area contributed by atoms with Crippen molar-refractivity contribution in [3.05, 3.63) is 33.5 Å². The Kier molecular flexibility index (Phi) is 6.25. The van der Waals surface area contributed by atoms with Crippen LogP contribution in [0.1, 0.15) is 41.0 Å². The summed E-state index contributed by atoms with van der Waals surface area (Å²) in [6.45, 7) is 3.00. The number of rotatable bonds is 5. The molecular weight excluding hydrogens is 408 g/mol. The molecule has 2 aromatic heterocycles. The average Bonchev–Trinajstić information content (AvgIpc) is 3.50. The van der Waals surface area contributed by atoms with Crippen LogP contribution in [-0.4, -0.2) is 58.7 Å². The van der Waals surface area contributed by atoms with Gasteiger partial charge in [-0.25, -0.2) is 4.98 Å². The zero-order valence-corrected chi connectivity index (χ0v) is 17.8. The molecule has 154 valence electrons. The number of hydrogen-bond donors (Lipinski definition) is 1. The number of carbonyl (C=O) groups is 3. The Morgan fingerprint density at radius 2 is 1.83 bits per heavy atom. The molecule has 2 aromatic rings. The van der Waals surface area contributed by atoms with Gasteiger partial charge in [-0.05, 0) is 37.1 Å². The highest BCUT2D eigenvalue weighted by atomic mass is 32.1. The maximum absolute atomic E-state index is 12.6. The summed E-state index contributed by atoms with van der Waals surface area (Å²) in [4.78, 5) is 46.1. The SMILES string of the molecule is O=C(Nc1nc(CC(=O)N2CCC(C(=O)N3CCCC3)CC2)cs1)c1cccs1. The van der Waals surface area contributed by atoms with Crippen molar-refractivity contribution in [2.45, 2.75) is 32.1 Å². The third-order valence-electron chi connectivity index (χ3n) is 5.46. The zero-order valence-electron chi connectivity index (χ0n) is 16.1. The van der Waals surface area contributed by atoms with Gasteiger partial charge in [0.05, 0.1) is 17.0 Å². The van der Waals surface area contributed by atoms with E-state index in [1.165, 1.54) is 22.7 Å². The summed E-state index contributed by atoms with van der Waals surface area (Å²) >= 11 is 2.70. The number of nitrogens with zero attached hydrogens (tertiary/aromatic N) is 3. The molecule has 9 heteroatoms. The number of hydrogen-bond acceptors (Lipinski definition) is 6. The summed E-state index contributed by atoms with van der Waals surface area (Å²) in [6, 6.07) is 3.59. The molecule has 0 bridgehead atoms. The molecule has 0 aromatic carbocycles. The fraction of sp³-hybridized carbons (Fsp3) is 0.500. The van der Waals surface area contributed by atoms with Crippen LogP contribution in [0.5, 0.6) is 0 Å². The molecule has 29 heavy (non-hydrogen) atoms. The molecule has 0 unspecified atom stereocenters. The van der Waals surface area contributed by atoms with Gasteiger partial charge in [-0.15, -0.1) is 22.7 Å². The molecule has 1 N–H and O–H groups in total. The van der Waals surface area contributed by atoms with E-state index in [-0.39, 0.29) is 30.1 Å². The topological polar surface area (TPSA) is 82.6 Å². The molecule has 0 saturated carbocycles. The predicted octanol–water partition coefficient (Wildman–Crippen LogP) is 2.86. The van der Waals surface area contributed by atoms with Gasteiger partial charge in [-0.1, -0.05) is 6.07 Å². The number of anilines is 1. The minimum atomic E-state index is -0.183. The number of aromatic nitrogens is 1. The van der Waals surface area contributed by atoms with Gasteiger partial charge in [0.25, 0.3) is 5.91 Å². The quantitative estimate of drug-likeness (QED) is 0.788. The highest BCUT2D eigenvalue weighted by Crippen LogP contribution is 2.23. The number of carbonyl (C=O) groups excluding carboxylic acids is 3. The van der Waals surface area contributed by atoms with E-state index in [0.717, 1.165) is 38.8 Å².